The van der Waals surface area contributed by atoms with Gasteiger partial charge in [-0.05, 0) is 49.5 Å². The van der Waals surface area contributed by atoms with Crippen molar-refractivity contribution in [1.29, 1.82) is 0 Å². The second kappa shape index (κ2) is 9.82. The Kier molecular flexibility index (Phi) is 7.16. The van der Waals surface area contributed by atoms with Crippen LogP contribution in [0.2, 0.25) is 0 Å². The Bertz CT molecular complexity index is 1060. The van der Waals surface area contributed by atoms with Crippen LogP contribution in [-0.2, 0) is 14.8 Å². The highest BCUT2D eigenvalue weighted by Gasteiger charge is 2.27. The maximum atomic E-state index is 12.8. The van der Waals surface area contributed by atoms with Gasteiger partial charge in [0.25, 0.3) is 11.8 Å². The number of hydrogen-bond acceptors (Lipinski definition) is 6. The molecule has 0 unspecified atom stereocenters. The smallest absolute Gasteiger partial charge is 0.255 e. The van der Waals surface area contributed by atoms with Gasteiger partial charge in [-0.2, -0.15) is 4.31 Å². The molecule has 0 aromatic heterocycles. The van der Waals surface area contributed by atoms with Crippen molar-refractivity contribution >= 4 is 33.8 Å². The lowest BCUT2D eigenvalue weighted by molar-refractivity contribution is -0.107. The van der Waals surface area contributed by atoms with Gasteiger partial charge in [-0.1, -0.05) is 6.07 Å². The molecule has 0 aliphatic carbocycles. The second-order valence-corrected chi connectivity index (χ2v) is 9.08. The summed E-state index contributed by atoms with van der Waals surface area (Å²) in [7, 11) is -1.65. The van der Waals surface area contributed by atoms with Crippen LogP contribution in [0.3, 0.4) is 0 Å². The Balaban J connectivity index is 1.68. The number of likely N-dealkylation sites (N-methyl/N-ethyl adjacent to an activating group) is 1. The number of anilines is 1. The van der Waals surface area contributed by atoms with E-state index in [9.17, 15) is 22.8 Å². The van der Waals surface area contributed by atoms with E-state index in [2.05, 4.69) is 15.5 Å². The summed E-state index contributed by atoms with van der Waals surface area (Å²) in [5, 5.41) is 5.11. The minimum absolute atomic E-state index is 0.0984. The number of rotatable bonds is 7. The molecule has 1 aliphatic rings. The summed E-state index contributed by atoms with van der Waals surface area (Å²) in [5.41, 5.74) is 0.985. The molecule has 9 nitrogen and oxygen atoms in total. The first-order valence-corrected chi connectivity index (χ1v) is 11.2. The topological polar surface area (TPSA) is 116 Å². The maximum absolute atomic E-state index is 12.8. The van der Waals surface area contributed by atoms with Gasteiger partial charge in [0.2, 0.25) is 10.0 Å². The number of nitrogens with one attached hydrogen (secondary N) is 2. The summed E-state index contributed by atoms with van der Waals surface area (Å²) in [4.78, 5) is 37.1. The van der Waals surface area contributed by atoms with Crippen LogP contribution < -0.4 is 10.6 Å². The lowest BCUT2D eigenvalue weighted by Crippen LogP contribution is -2.47. The zero-order valence-electron chi connectivity index (χ0n) is 17.1. The summed E-state index contributed by atoms with van der Waals surface area (Å²) < 4.78 is 27.0. The minimum atomic E-state index is -3.60. The lowest BCUT2D eigenvalue weighted by atomic mass is 10.1. The quantitative estimate of drug-likeness (QED) is 0.611. The lowest BCUT2D eigenvalue weighted by Gasteiger charge is -2.31. The van der Waals surface area contributed by atoms with E-state index < -0.39 is 21.8 Å². The predicted octanol–water partition coefficient (Wildman–Crippen LogP) is 0.804. The highest BCUT2D eigenvalue weighted by Crippen LogP contribution is 2.19. The standard InChI is InChI=1S/C21H24N4O5S/c1-24-10-12-25(13-11-24)31(29,30)19-7-5-16(6-8-19)21(28)23-18-4-2-3-17(15-18)20(27)22-9-14-26/h2-8,14-15H,9-13H2,1H3,(H,22,27)(H,23,28). The number of benzene rings is 2. The molecule has 0 atom stereocenters. The molecule has 0 bridgehead atoms. The van der Waals surface area contributed by atoms with Crippen molar-refractivity contribution in [3.8, 4) is 0 Å². The van der Waals surface area contributed by atoms with Crippen molar-refractivity contribution in [2.45, 2.75) is 4.90 Å². The Hall–Kier alpha value is -3.08. The van der Waals surface area contributed by atoms with Crippen LogP contribution in [0.5, 0.6) is 0 Å². The molecule has 1 fully saturated rings. The van der Waals surface area contributed by atoms with Crippen molar-refractivity contribution in [2.75, 3.05) is 45.1 Å². The molecule has 0 saturated carbocycles. The average molecular weight is 445 g/mol. The van der Waals surface area contributed by atoms with Gasteiger partial charge in [-0.15, -0.1) is 0 Å². The number of carbonyl (C=O) groups excluding carboxylic acids is 3. The fourth-order valence-corrected chi connectivity index (χ4v) is 4.56. The van der Waals surface area contributed by atoms with Crippen LogP contribution in [0, 0.1) is 0 Å². The predicted molar refractivity (Wildman–Crippen MR) is 115 cm³/mol. The van der Waals surface area contributed by atoms with E-state index in [1.165, 1.54) is 34.6 Å². The van der Waals surface area contributed by atoms with Gasteiger partial charge in [0.05, 0.1) is 11.4 Å². The van der Waals surface area contributed by atoms with Gasteiger partial charge < -0.3 is 20.3 Å². The molecule has 1 aliphatic heterocycles. The number of amides is 2. The third-order valence-corrected chi connectivity index (χ3v) is 6.86. The minimum Gasteiger partial charge on any atom is -0.345 e. The molecule has 0 radical (unpaired) electrons. The van der Waals surface area contributed by atoms with Crippen molar-refractivity contribution in [2.24, 2.45) is 0 Å². The molecule has 10 heteroatoms. The Morgan fingerprint density at radius 2 is 1.65 bits per heavy atom. The Morgan fingerprint density at radius 3 is 2.29 bits per heavy atom. The van der Waals surface area contributed by atoms with Gasteiger partial charge in [0.15, 0.2) is 0 Å². The molecule has 2 aromatic carbocycles. The van der Waals surface area contributed by atoms with E-state index in [1.54, 1.807) is 18.2 Å². The first-order valence-electron chi connectivity index (χ1n) is 9.73. The second-order valence-electron chi connectivity index (χ2n) is 7.14. The summed E-state index contributed by atoms with van der Waals surface area (Å²) in [5.74, 6) is -0.865. The van der Waals surface area contributed by atoms with Gasteiger partial charge in [-0.25, -0.2) is 8.42 Å². The van der Waals surface area contributed by atoms with Crippen LogP contribution in [0.4, 0.5) is 5.69 Å². The van der Waals surface area contributed by atoms with E-state index in [1.807, 2.05) is 7.05 Å². The summed E-state index contributed by atoms with van der Waals surface area (Å²) >= 11 is 0. The third-order valence-electron chi connectivity index (χ3n) is 4.95. The fraction of sp³-hybridized carbons (Fsp3) is 0.286. The van der Waals surface area contributed by atoms with Crippen molar-refractivity contribution in [3.05, 3.63) is 59.7 Å². The van der Waals surface area contributed by atoms with Crippen LogP contribution in [0.15, 0.2) is 53.4 Å². The fourth-order valence-electron chi connectivity index (χ4n) is 3.13. The van der Waals surface area contributed by atoms with Gasteiger partial charge >= 0.3 is 0 Å². The molecule has 1 heterocycles. The van der Waals surface area contributed by atoms with Gasteiger partial charge in [0.1, 0.15) is 6.29 Å². The molecule has 164 valence electrons. The van der Waals surface area contributed by atoms with Gasteiger partial charge in [-0.3, -0.25) is 9.59 Å². The molecule has 0 spiro atoms. The normalized spacial score (nSPS) is 15.3. The summed E-state index contributed by atoms with van der Waals surface area (Å²) in [6.07, 6.45) is 0.580. The van der Waals surface area contributed by atoms with Crippen molar-refractivity contribution in [1.82, 2.24) is 14.5 Å². The molecule has 31 heavy (non-hydrogen) atoms. The molecule has 1 saturated heterocycles. The first-order chi connectivity index (χ1) is 14.8. The molecule has 2 aromatic rings. The monoisotopic (exact) mass is 444 g/mol. The molecular formula is C21H24N4O5S. The maximum Gasteiger partial charge on any atom is 0.255 e. The van der Waals surface area contributed by atoms with Crippen LogP contribution >= 0.6 is 0 Å². The third kappa shape index (κ3) is 5.54. The summed E-state index contributed by atoms with van der Waals surface area (Å²) in [6, 6.07) is 12.0. The Labute approximate surface area is 181 Å². The van der Waals surface area contributed by atoms with E-state index >= 15 is 0 Å². The van der Waals surface area contributed by atoms with Crippen molar-refractivity contribution < 1.29 is 22.8 Å². The highest BCUT2D eigenvalue weighted by atomic mass is 32.2. The van der Waals surface area contributed by atoms with E-state index in [-0.39, 0.29) is 17.0 Å². The van der Waals surface area contributed by atoms with Crippen LogP contribution in [-0.4, -0.2) is 75.5 Å². The van der Waals surface area contributed by atoms with Crippen LogP contribution in [0.25, 0.3) is 0 Å². The molecule has 3 rings (SSSR count). The van der Waals surface area contributed by atoms with Crippen LogP contribution in [0.1, 0.15) is 20.7 Å². The largest absolute Gasteiger partial charge is 0.345 e. The highest BCUT2D eigenvalue weighted by molar-refractivity contribution is 7.89. The zero-order chi connectivity index (χ0) is 22.4. The number of piperazine rings is 1. The van der Waals surface area contributed by atoms with E-state index in [4.69, 9.17) is 0 Å². The number of hydrogen-bond donors (Lipinski definition) is 2. The molecule has 2 N–H and O–H groups in total. The number of nitrogens with zero attached hydrogens (tertiary/aromatic N) is 2. The number of aldehydes is 1. The van der Waals surface area contributed by atoms with E-state index in [0.717, 1.165) is 0 Å². The Morgan fingerprint density at radius 1 is 0.968 bits per heavy atom. The van der Waals surface area contributed by atoms with Crippen molar-refractivity contribution in [3.63, 3.8) is 0 Å². The SMILES string of the molecule is CN1CCN(S(=O)(=O)c2ccc(C(=O)Nc3cccc(C(=O)NCC=O)c3)cc2)CC1. The zero-order valence-corrected chi connectivity index (χ0v) is 17.9. The van der Waals surface area contributed by atoms with Gasteiger partial charge in [0, 0.05) is 43.0 Å². The summed E-state index contributed by atoms with van der Waals surface area (Å²) in [6.45, 7) is 2.10. The number of sulfonamides is 1. The molecular weight excluding hydrogens is 420 g/mol. The van der Waals surface area contributed by atoms with E-state index in [0.29, 0.717) is 43.7 Å². The average Bonchev–Trinajstić information content (AvgIpc) is 2.78. The first kappa shape index (κ1) is 22.6. The number of carbonyl (C=O) groups is 3. The molecule has 2 amide bonds.